The van der Waals surface area contributed by atoms with Crippen molar-refractivity contribution >= 4 is 5.69 Å². The maximum atomic E-state index is 6.05. The molecule has 1 heterocycles. The maximum Gasteiger partial charge on any atom is 0.0508 e. The van der Waals surface area contributed by atoms with Crippen LogP contribution in [0.4, 0.5) is 5.69 Å². The van der Waals surface area contributed by atoms with Gasteiger partial charge in [-0.15, -0.1) is 0 Å². The molecule has 0 amide bonds. The monoisotopic (exact) mass is 247 g/mol. The number of nitrogens with one attached hydrogen (secondary N) is 1. The lowest BCUT2D eigenvalue weighted by atomic mass is 9.90. The molecule has 2 rings (SSSR count). The van der Waals surface area contributed by atoms with Gasteiger partial charge in [0, 0.05) is 18.8 Å². The van der Waals surface area contributed by atoms with Gasteiger partial charge in [0.15, 0.2) is 0 Å². The molecule has 3 heteroatoms. The van der Waals surface area contributed by atoms with Crippen molar-refractivity contribution in [3.05, 3.63) is 29.8 Å². The summed E-state index contributed by atoms with van der Waals surface area (Å²) in [5, 5.41) is 3.68. The first-order chi connectivity index (χ1) is 8.63. The lowest BCUT2D eigenvalue weighted by molar-refractivity contribution is 0.337. The molecule has 100 valence electrons. The average Bonchev–Trinajstić information content (AvgIpc) is 2.56. The molecule has 1 aromatic rings. The van der Waals surface area contributed by atoms with Crippen LogP contribution in [-0.2, 0) is 0 Å². The molecule has 3 N–H and O–H groups in total. The molecule has 0 aliphatic carbocycles. The fraction of sp³-hybridized carbons (Fsp3) is 0.600. The zero-order chi connectivity index (χ0) is 13.0. The Morgan fingerprint density at radius 3 is 2.61 bits per heavy atom. The third-order valence-electron chi connectivity index (χ3n) is 4.02. The molecule has 1 aliphatic heterocycles. The van der Waals surface area contributed by atoms with Gasteiger partial charge in [0.05, 0.1) is 5.54 Å². The topological polar surface area (TPSA) is 41.3 Å². The van der Waals surface area contributed by atoms with E-state index in [9.17, 15) is 0 Å². The van der Waals surface area contributed by atoms with Crippen LogP contribution in [0.25, 0.3) is 0 Å². The van der Waals surface area contributed by atoms with Crippen LogP contribution < -0.4 is 11.1 Å². The van der Waals surface area contributed by atoms with Crippen molar-refractivity contribution in [3.8, 4) is 0 Å². The minimum Gasteiger partial charge on any atom is -0.378 e. The van der Waals surface area contributed by atoms with Crippen molar-refractivity contribution in [2.24, 2.45) is 5.73 Å². The number of nitrogens with zero attached hydrogens (tertiary/aromatic N) is 1. The molecule has 1 fully saturated rings. The highest BCUT2D eigenvalue weighted by Gasteiger charge is 2.30. The number of aryl methyl sites for hydroxylation is 1. The van der Waals surface area contributed by atoms with Crippen LogP contribution in [0.5, 0.6) is 0 Å². The van der Waals surface area contributed by atoms with Crippen LogP contribution in [0.2, 0.25) is 0 Å². The van der Waals surface area contributed by atoms with Gasteiger partial charge in [0.1, 0.15) is 0 Å². The summed E-state index contributed by atoms with van der Waals surface area (Å²) in [7, 11) is 2.19. The van der Waals surface area contributed by atoms with Crippen molar-refractivity contribution in [1.29, 1.82) is 0 Å². The Morgan fingerprint density at radius 1 is 1.22 bits per heavy atom. The fourth-order valence-electron chi connectivity index (χ4n) is 2.65. The lowest BCUT2D eigenvalue weighted by Gasteiger charge is -2.34. The number of anilines is 1. The van der Waals surface area contributed by atoms with Crippen LogP contribution in [0.3, 0.4) is 0 Å². The van der Waals surface area contributed by atoms with Crippen molar-refractivity contribution < 1.29 is 0 Å². The first-order valence-electron chi connectivity index (χ1n) is 6.87. The third-order valence-corrected chi connectivity index (χ3v) is 4.02. The van der Waals surface area contributed by atoms with Gasteiger partial charge in [0.2, 0.25) is 0 Å². The molecule has 1 unspecified atom stereocenters. The molecular formula is C15H25N3. The molecule has 3 nitrogen and oxygen atoms in total. The van der Waals surface area contributed by atoms with Crippen molar-refractivity contribution in [3.63, 3.8) is 0 Å². The molecule has 1 aliphatic rings. The molecule has 1 atom stereocenters. The molecule has 18 heavy (non-hydrogen) atoms. The summed E-state index contributed by atoms with van der Waals surface area (Å²) in [6.45, 7) is 5.12. The maximum absolute atomic E-state index is 6.05. The highest BCUT2D eigenvalue weighted by molar-refractivity contribution is 5.47. The zero-order valence-corrected chi connectivity index (χ0v) is 11.6. The molecule has 0 spiro atoms. The van der Waals surface area contributed by atoms with E-state index in [1.165, 1.54) is 24.2 Å². The summed E-state index contributed by atoms with van der Waals surface area (Å²) in [5.74, 6) is 0. The normalized spacial score (nSPS) is 25.7. The predicted molar refractivity (Wildman–Crippen MR) is 77.9 cm³/mol. The van der Waals surface area contributed by atoms with Crippen LogP contribution in [-0.4, -0.2) is 37.1 Å². The van der Waals surface area contributed by atoms with Crippen LogP contribution in [0.15, 0.2) is 24.3 Å². The molecule has 1 aromatic carbocycles. The van der Waals surface area contributed by atoms with Crippen molar-refractivity contribution in [1.82, 2.24) is 4.90 Å². The number of hydrogen-bond donors (Lipinski definition) is 2. The Hall–Kier alpha value is -1.06. The Morgan fingerprint density at radius 2 is 1.94 bits per heavy atom. The second kappa shape index (κ2) is 5.72. The number of rotatable bonds is 3. The van der Waals surface area contributed by atoms with Gasteiger partial charge < -0.3 is 16.0 Å². The van der Waals surface area contributed by atoms with E-state index < -0.39 is 0 Å². The Kier molecular flexibility index (Phi) is 4.25. The summed E-state index contributed by atoms with van der Waals surface area (Å²) in [6.07, 6.45) is 3.49. The van der Waals surface area contributed by atoms with Crippen LogP contribution in [0.1, 0.15) is 24.8 Å². The van der Waals surface area contributed by atoms with Gasteiger partial charge >= 0.3 is 0 Å². The molecule has 1 saturated heterocycles. The Labute approximate surface area is 110 Å². The minimum absolute atomic E-state index is 0.0695. The second-order valence-electron chi connectivity index (χ2n) is 5.63. The van der Waals surface area contributed by atoms with Crippen molar-refractivity contribution in [2.75, 3.05) is 32.0 Å². The summed E-state index contributed by atoms with van der Waals surface area (Å²) >= 11 is 0. The summed E-state index contributed by atoms with van der Waals surface area (Å²) in [5.41, 5.74) is 8.60. The van der Waals surface area contributed by atoms with E-state index in [0.717, 1.165) is 19.4 Å². The quantitative estimate of drug-likeness (QED) is 0.860. The summed E-state index contributed by atoms with van der Waals surface area (Å²) in [6, 6.07) is 8.60. The molecule has 0 radical (unpaired) electrons. The smallest absolute Gasteiger partial charge is 0.0508 e. The molecular weight excluding hydrogens is 222 g/mol. The van der Waals surface area contributed by atoms with E-state index in [2.05, 4.69) is 48.5 Å². The number of likely N-dealkylation sites (tertiary alicyclic amines) is 1. The van der Waals surface area contributed by atoms with E-state index in [-0.39, 0.29) is 5.54 Å². The second-order valence-corrected chi connectivity index (χ2v) is 5.63. The van der Waals surface area contributed by atoms with E-state index in [0.29, 0.717) is 6.54 Å². The van der Waals surface area contributed by atoms with E-state index in [4.69, 9.17) is 5.73 Å². The summed E-state index contributed by atoms with van der Waals surface area (Å²) < 4.78 is 0. The highest BCUT2D eigenvalue weighted by Crippen LogP contribution is 2.26. The third kappa shape index (κ3) is 3.24. The van der Waals surface area contributed by atoms with Gasteiger partial charge in [-0.05, 0) is 51.9 Å². The number of nitrogens with two attached hydrogens (primary N) is 1. The van der Waals surface area contributed by atoms with E-state index in [1.54, 1.807) is 0 Å². The Balaban J connectivity index is 2.09. The fourth-order valence-corrected chi connectivity index (χ4v) is 2.65. The van der Waals surface area contributed by atoms with Crippen molar-refractivity contribution in [2.45, 2.75) is 31.7 Å². The zero-order valence-electron chi connectivity index (χ0n) is 11.6. The lowest BCUT2D eigenvalue weighted by Crippen LogP contribution is -2.46. The minimum atomic E-state index is 0.0695. The molecule has 0 saturated carbocycles. The van der Waals surface area contributed by atoms with Crippen LogP contribution in [0, 0.1) is 6.92 Å². The first-order valence-corrected chi connectivity index (χ1v) is 6.87. The molecule has 0 aromatic heterocycles. The molecule has 0 bridgehead atoms. The van der Waals surface area contributed by atoms with Gasteiger partial charge in [-0.1, -0.05) is 17.7 Å². The largest absolute Gasteiger partial charge is 0.378 e. The first kappa shape index (κ1) is 13.4. The van der Waals surface area contributed by atoms with E-state index >= 15 is 0 Å². The van der Waals surface area contributed by atoms with Crippen LogP contribution >= 0.6 is 0 Å². The summed E-state index contributed by atoms with van der Waals surface area (Å²) in [4.78, 5) is 2.40. The Bertz CT molecular complexity index is 374. The average molecular weight is 247 g/mol. The number of hydrogen-bond acceptors (Lipinski definition) is 3. The standard InChI is InChI=1S/C15H25N3/c1-13-4-6-14(7-5-13)17-15(12-16)8-3-10-18(2)11-9-15/h4-7,17H,3,8-12,16H2,1-2H3. The van der Waals surface area contributed by atoms with Gasteiger partial charge in [-0.3, -0.25) is 0 Å². The number of benzene rings is 1. The van der Waals surface area contributed by atoms with Gasteiger partial charge in [-0.25, -0.2) is 0 Å². The predicted octanol–water partition coefficient (Wildman–Crippen LogP) is 2.22. The van der Waals surface area contributed by atoms with Gasteiger partial charge in [0.25, 0.3) is 0 Å². The SMILES string of the molecule is Cc1ccc(NC2(CN)CCCN(C)CC2)cc1. The highest BCUT2D eigenvalue weighted by atomic mass is 15.1. The van der Waals surface area contributed by atoms with Gasteiger partial charge in [-0.2, -0.15) is 0 Å². The van der Waals surface area contributed by atoms with E-state index in [1.807, 2.05) is 0 Å².